The summed E-state index contributed by atoms with van der Waals surface area (Å²) in [6.45, 7) is 6.40. The number of likely N-dealkylation sites (tertiary alicyclic amines) is 1. The van der Waals surface area contributed by atoms with Crippen LogP contribution in [0.5, 0.6) is 0 Å². The monoisotopic (exact) mass is 501 g/mol. The molecule has 0 aromatic heterocycles. The minimum absolute atomic E-state index is 0.0437. The van der Waals surface area contributed by atoms with E-state index in [-0.39, 0.29) is 18.5 Å². The number of nitrogens with one attached hydrogen (secondary N) is 2. The van der Waals surface area contributed by atoms with E-state index in [0.717, 1.165) is 12.0 Å². The van der Waals surface area contributed by atoms with Gasteiger partial charge >= 0.3 is 12.3 Å². The van der Waals surface area contributed by atoms with Crippen LogP contribution in [-0.2, 0) is 20.7 Å². The Morgan fingerprint density at radius 3 is 2.40 bits per heavy atom. The van der Waals surface area contributed by atoms with Gasteiger partial charge in [-0.25, -0.2) is 4.79 Å². The first kappa shape index (κ1) is 28.9. The fourth-order valence-electron chi connectivity index (χ4n) is 4.32. The van der Waals surface area contributed by atoms with Gasteiger partial charge in [-0.3, -0.25) is 4.79 Å². The van der Waals surface area contributed by atoms with E-state index in [1.165, 1.54) is 7.11 Å². The normalized spacial score (nSPS) is 19.2. The third-order valence-corrected chi connectivity index (χ3v) is 5.87. The molecule has 0 aliphatic carbocycles. The van der Waals surface area contributed by atoms with Gasteiger partial charge in [0.25, 0.3) is 0 Å². The van der Waals surface area contributed by atoms with Gasteiger partial charge in [-0.15, -0.1) is 0 Å². The van der Waals surface area contributed by atoms with Crippen LogP contribution >= 0.6 is 0 Å². The van der Waals surface area contributed by atoms with Crippen LogP contribution in [0.1, 0.15) is 46.1 Å². The Hall–Kier alpha value is -2.33. The zero-order valence-corrected chi connectivity index (χ0v) is 21.2. The molecule has 1 aliphatic heterocycles. The molecule has 2 N–H and O–H groups in total. The zero-order chi connectivity index (χ0) is 26.2. The van der Waals surface area contributed by atoms with Crippen molar-refractivity contribution in [1.29, 1.82) is 0 Å². The van der Waals surface area contributed by atoms with Gasteiger partial charge in [0.2, 0.25) is 5.91 Å². The number of benzene rings is 1. The number of carbonyl (C=O) groups is 2. The minimum Gasteiger partial charge on any atom is -0.444 e. The molecule has 2 rings (SSSR count). The number of hydrogen-bond acceptors (Lipinski definition) is 5. The van der Waals surface area contributed by atoms with E-state index < -0.39 is 42.5 Å². The van der Waals surface area contributed by atoms with Crippen molar-refractivity contribution in [2.24, 2.45) is 5.92 Å². The molecule has 35 heavy (non-hydrogen) atoms. The largest absolute Gasteiger partial charge is 0.444 e. The van der Waals surface area contributed by atoms with Crippen LogP contribution in [0.4, 0.5) is 18.0 Å². The number of methoxy groups -OCH3 is 1. The summed E-state index contributed by atoms with van der Waals surface area (Å²) in [5.41, 5.74) is 0.249. The average Bonchev–Trinajstić information content (AvgIpc) is 3.22. The van der Waals surface area contributed by atoms with E-state index in [1.807, 2.05) is 30.3 Å². The minimum atomic E-state index is -4.34. The Labute approximate surface area is 205 Å². The van der Waals surface area contributed by atoms with Crippen LogP contribution in [0, 0.1) is 5.92 Å². The van der Waals surface area contributed by atoms with Crippen molar-refractivity contribution in [3.8, 4) is 0 Å². The number of alkyl halides is 3. The molecule has 2 amide bonds. The molecule has 7 nitrogen and oxygen atoms in total. The predicted molar refractivity (Wildman–Crippen MR) is 127 cm³/mol. The highest BCUT2D eigenvalue weighted by Gasteiger charge is 2.41. The second kappa shape index (κ2) is 12.6. The third-order valence-electron chi connectivity index (χ3n) is 5.87. The van der Waals surface area contributed by atoms with E-state index in [4.69, 9.17) is 9.47 Å². The molecule has 1 heterocycles. The van der Waals surface area contributed by atoms with Crippen LogP contribution in [0.2, 0.25) is 0 Å². The van der Waals surface area contributed by atoms with E-state index >= 15 is 0 Å². The molecule has 0 saturated carbocycles. The van der Waals surface area contributed by atoms with Crippen molar-refractivity contribution < 1.29 is 32.2 Å². The number of halogens is 3. The Morgan fingerprint density at radius 2 is 1.83 bits per heavy atom. The number of carbonyl (C=O) groups excluding carboxylic acids is 2. The molecule has 10 heteroatoms. The Balaban J connectivity index is 2.09. The fraction of sp³-hybridized carbons (Fsp3) is 0.680. The second-order valence-electron chi connectivity index (χ2n) is 10.0. The van der Waals surface area contributed by atoms with Gasteiger partial charge in [-0.1, -0.05) is 37.3 Å². The molecule has 1 aliphatic rings. The molecule has 0 unspecified atom stereocenters. The summed E-state index contributed by atoms with van der Waals surface area (Å²) < 4.78 is 49.1. The number of ether oxygens (including phenoxy) is 2. The van der Waals surface area contributed by atoms with E-state index in [9.17, 15) is 22.8 Å². The predicted octanol–water partition coefficient (Wildman–Crippen LogP) is 3.92. The van der Waals surface area contributed by atoms with Crippen molar-refractivity contribution in [2.45, 2.75) is 76.9 Å². The molecule has 1 saturated heterocycles. The van der Waals surface area contributed by atoms with Crippen LogP contribution in [0.3, 0.4) is 0 Å². The van der Waals surface area contributed by atoms with Crippen molar-refractivity contribution in [1.82, 2.24) is 15.5 Å². The lowest BCUT2D eigenvalue weighted by Crippen LogP contribution is -2.53. The highest BCUT2D eigenvalue weighted by Crippen LogP contribution is 2.28. The van der Waals surface area contributed by atoms with E-state index in [0.29, 0.717) is 19.4 Å². The summed E-state index contributed by atoms with van der Waals surface area (Å²) in [6, 6.07) is 8.36. The maximum Gasteiger partial charge on any atom is 0.410 e. The number of hydrogen-bond donors (Lipinski definition) is 2. The standard InChI is InChI=1S/C25H38F3N3O4/c1-17(21(34-5)20-12-9-13-31(20)23(33)35-24(2,3)4)22(32)30-19(15-29-16-25(26,27)28)14-18-10-7-6-8-11-18/h6-8,10-11,17,19-21,29H,9,12-16H2,1-5H3,(H,30,32)/t17-,19+,20+,21-/m1/s1. The Kier molecular flexibility index (Phi) is 10.4. The van der Waals surface area contributed by atoms with E-state index in [1.54, 1.807) is 32.6 Å². The summed E-state index contributed by atoms with van der Waals surface area (Å²) in [5, 5.41) is 5.28. The number of amides is 2. The molecule has 0 radical (unpaired) electrons. The van der Waals surface area contributed by atoms with Crippen LogP contribution in [0.15, 0.2) is 30.3 Å². The number of rotatable bonds is 10. The molecule has 198 valence electrons. The molecule has 0 spiro atoms. The topological polar surface area (TPSA) is 79.9 Å². The SMILES string of the molecule is CO[C@H]([C@@H](C)C(=O)N[C@H](CNCC(F)(F)F)Cc1ccccc1)[C@@H]1CCCN1C(=O)OC(C)(C)C. The van der Waals surface area contributed by atoms with Gasteiger partial charge < -0.3 is 25.0 Å². The molecule has 1 aromatic carbocycles. The lowest BCUT2D eigenvalue weighted by Gasteiger charge is -2.35. The molecular weight excluding hydrogens is 463 g/mol. The zero-order valence-electron chi connectivity index (χ0n) is 21.2. The Bertz CT molecular complexity index is 814. The first-order valence-corrected chi connectivity index (χ1v) is 11.9. The van der Waals surface area contributed by atoms with Gasteiger partial charge in [0, 0.05) is 26.2 Å². The summed E-state index contributed by atoms with van der Waals surface area (Å²) in [5.74, 6) is -0.989. The lowest BCUT2D eigenvalue weighted by atomic mass is 9.94. The van der Waals surface area contributed by atoms with Crippen LogP contribution in [-0.4, -0.2) is 73.6 Å². The quantitative estimate of drug-likeness (QED) is 0.508. The molecule has 0 bridgehead atoms. The molecule has 1 aromatic rings. The maximum absolute atomic E-state index is 13.2. The van der Waals surface area contributed by atoms with E-state index in [2.05, 4.69) is 10.6 Å². The second-order valence-corrected chi connectivity index (χ2v) is 10.0. The van der Waals surface area contributed by atoms with Crippen LogP contribution < -0.4 is 10.6 Å². The molecule has 4 atom stereocenters. The highest BCUT2D eigenvalue weighted by molar-refractivity contribution is 5.79. The van der Waals surface area contributed by atoms with Gasteiger partial charge in [0.05, 0.1) is 24.6 Å². The van der Waals surface area contributed by atoms with Gasteiger partial charge in [0.1, 0.15) is 5.60 Å². The molecule has 1 fully saturated rings. The molecular formula is C25H38F3N3O4. The van der Waals surface area contributed by atoms with Gasteiger partial charge in [-0.2, -0.15) is 13.2 Å². The summed E-state index contributed by atoms with van der Waals surface area (Å²) >= 11 is 0. The van der Waals surface area contributed by atoms with Gasteiger partial charge in [0.15, 0.2) is 0 Å². The summed E-state index contributed by atoms with van der Waals surface area (Å²) in [6.07, 6.45) is -3.59. The first-order valence-electron chi connectivity index (χ1n) is 11.9. The Morgan fingerprint density at radius 1 is 1.17 bits per heavy atom. The van der Waals surface area contributed by atoms with Crippen molar-refractivity contribution in [3.05, 3.63) is 35.9 Å². The van der Waals surface area contributed by atoms with Crippen molar-refractivity contribution >= 4 is 12.0 Å². The van der Waals surface area contributed by atoms with Crippen molar-refractivity contribution in [3.63, 3.8) is 0 Å². The smallest absolute Gasteiger partial charge is 0.410 e. The highest BCUT2D eigenvalue weighted by atomic mass is 19.4. The summed E-state index contributed by atoms with van der Waals surface area (Å²) in [4.78, 5) is 27.5. The first-order chi connectivity index (χ1) is 16.3. The summed E-state index contributed by atoms with van der Waals surface area (Å²) in [7, 11) is 1.49. The maximum atomic E-state index is 13.2. The number of nitrogens with zero attached hydrogens (tertiary/aromatic N) is 1. The van der Waals surface area contributed by atoms with Crippen molar-refractivity contribution in [2.75, 3.05) is 26.7 Å². The van der Waals surface area contributed by atoms with Gasteiger partial charge in [-0.05, 0) is 45.6 Å². The lowest BCUT2D eigenvalue weighted by molar-refractivity contribution is -0.131. The average molecular weight is 502 g/mol. The van der Waals surface area contributed by atoms with Crippen LogP contribution in [0.25, 0.3) is 0 Å². The fourth-order valence-corrected chi connectivity index (χ4v) is 4.32. The third kappa shape index (κ3) is 9.68.